The van der Waals surface area contributed by atoms with E-state index in [9.17, 15) is 4.79 Å². The van der Waals surface area contributed by atoms with E-state index in [1.165, 1.54) is 0 Å². The first-order valence-electron chi connectivity index (χ1n) is 7.27. The third kappa shape index (κ3) is 2.26. The van der Waals surface area contributed by atoms with E-state index in [2.05, 4.69) is 20.5 Å². The van der Waals surface area contributed by atoms with Crippen LogP contribution in [0.4, 0.5) is 5.82 Å². The second-order valence-electron chi connectivity index (χ2n) is 5.36. The van der Waals surface area contributed by atoms with Crippen molar-refractivity contribution in [2.75, 3.05) is 12.4 Å². The Balaban J connectivity index is 1.77. The average Bonchev–Trinajstić information content (AvgIpc) is 3.23. The second-order valence-corrected chi connectivity index (χ2v) is 5.36. The summed E-state index contributed by atoms with van der Waals surface area (Å²) >= 11 is 0. The molecule has 0 saturated heterocycles. The van der Waals surface area contributed by atoms with Gasteiger partial charge in [0, 0.05) is 30.1 Å². The number of methoxy groups -OCH3 is 1. The summed E-state index contributed by atoms with van der Waals surface area (Å²) in [5, 5.41) is 9.64. The number of rotatable bonds is 3. The van der Waals surface area contributed by atoms with E-state index < -0.39 is 0 Å². The topological polar surface area (TPSA) is 84.8 Å². The number of aromatic amines is 1. The van der Waals surface area contributed by atoms with Crippen molar-refractivity contribution in [2.24, 2.45) is 0 Å². The van der Waals surface area contributed by atoms with Crippen LogP contribution in [0.5, 0.6) is 5.75 Å². The number of hydrogen-bond acceptors (Lipinski definition) is 4. The lowest BCUT2D eigenvalue weighted by molar-refractivity contribution is -0.116. The third-order valence-electron chi connectivity index (χ3n) is 4.03. The fourth-order valence-electron chi connectivity index (χ4n) is 2.91. The van der Waals surface area contributed by atoms with E-state index in [4.69, 9.17) is 4.74 Å². The number of amides is 1. The molecule has 7 nitrogen and oxygen atoms in total. The first kappa shape index (κ1) is 13.6. The quantitative estimate of drug-likeness (QED) is 0.775. The van der Waals surface area contributed by atoms with Gasteiger partial charge >= 0.3 is 0 Å². The number of nitrogens with zero attached hydrogens (tertiary/aromatic N) is 3. The number of imidazole rings is 1. The zero-order valence-electron chi connectivity index (χ0n) is 12.5. The van der Waals surface area contributed by atoms with Gasteiger partial charge in [0.1, 0.15) is 17.4 Å². The van der Waals surface area contributed by atoms with E-state index in [1.54, 1.807) is 19.5 Å². The fourth-order valence-corrected chi connectivity index (χ4v) is 2.91. The summed E-state index contributed by atoms with van der Waals surface area (Å²) in [6, 6.07) is 7.72. The third-order valence-corrected chi connectivity index (χ3v) is 4.03. The van der Waals surface area contributed by atoms with Crippen LogP contribution in [0.25, 0.3) is 5.69 Å². The molecule has 0 fully saturated rings. The van der Waals surface area contributed by atoms with Crippen LogP contribution in [0, 0.1) is 0 Å². The van der Waals surface area contributed by atoms with Gasteiger partial charge in [-0.3, -0.25) is 9.89 Å². The van der Waals surface area contributed by atoms with Crippen molar-refractivity contribution >= 4 is 11.7 Å². The Hall–Kier alpha value is -3.09. The maximum Gasteiger partial charge on any atom is 0.226 e. The zero-order valence-corrected chi connectivity index (χ0v) is 12.5. The Morgan fingerprint density at radius 2 is 2.13 bits per heavy atom. The van der Waals surface area contributed by atoms with Crippen molar-refractivity contribution in [1.29, 1.82) is 0 Å². The number of H-pyrrole nitrogens is 1. The lowest BCUT2D eigenvalue weighted by Crippen LogP contribution is -2.24. The van der Waals surface area contributed by atoms with Crippen molar-refractivity contribution in [3.05, 3.63) is 54.2 Å². The molecule has 1 atom stereocenters. The molecule has 0 radical (unpaired) electrons. The fraction of sp³-hybridized carbons (Fsp3) is 0.188. The number of aromatic nitrogens is 4. The van der Waals surface area contributed by atoms with Gasteiger partial charge in [0.05, 0.1) is 19.2 Å². The number of carbonyl (C=O) groups is 1. The van der Waals surface area contributed by atoms with Crippen LogP contribution in [0.3, 0.4) is 0 Å². The first-order valence-corrected chi connectivity index (χ1v) is 7.27. The summed E-state index contributed by atoms with van der Waals surface area (Å²) < 4.78 is 7.18. The molecular weight excluding hydrogens is 294 g/mol. The zero-order chi connectivity index (χ0) is 15.8. The van der Waals surface area contributed by atoms with E-state index in [0.717, 1.165) is 22.8 Å². The highest BCUT2D eigenvalue weighted by molar-refractivity contribution is 5.94. The van der Waals surface area contributed by atoms with Crippen LogP contribution in [0.15, 0.2) is 42.9 Å². The molecular formula is C16H15N5O2. The van der Waals surface area contributed by atoms with Gasteiger partial charge in [0.2, 0.25) is 5.91 Å². The van der Waals surface area contributed by atoms with Crippen LogP contribution >= 0.6 is 0 Å². The maximum absolute atomic E-state index is 11.9. The molecule has 1 aromatic carbocycles. The lowest BCUT2D eigenvalue weighted by atomic mass is 9.93. The molecule has 7 heteroatoms. The Morgan fingerprint density at radius 1 is 1.30 bits per heavy atom. The number of fused-ring (bicyclic) bond motifs is 1. The van der Waals surface area contributed by atoms with Gasteiger partial charge in [0.15, 0.2) is 0 Å². The molecule has 0 saturated carbocycles. The molecule has 0 aliphatic carbocycles. The van der Waals surface area contributed by atoms with Crippen LogP contribution < -0.4 is 10.1 Å². The predicted molar refractivity (Wildman–Crippen MR) is 83.8 cm³/mol. The molecule has 1 aliphatic heterocycles. The standard InChI is InChI=1S/C16H15N5O2/c1-23-11-4-2-10(3-5-11)21-7-6-17-16(21)12-8-14(22)19-15-13(12)9-18-20-15/h2-7,9,12H,8H2,1H3,(H2,18,19,20,22)/t12-/m0/s1. The van der Waals surface area contributed by atoms with E-state index in [1.807, 2.05) is 35.0 Å². The van der Waals surface area contributed by atoms with Crippen LogP contribution in [0.1, 0.15) is 23.7 Å². The number of carbonyl (C=O) groups excluding carboxylic acids is 1. The van der Waals surface area contributed by atoms with E-state index in [-0.39, 0.29) is 11.8 Å². The lowest BCUT2D eigenvalue weighted by Gasteiger charge is -2.22. The molecule has 3 aromatic rings. The van der Waals surface area contributed by atoms with Gasteiger partial charge in [-0.15, -0.1) is 0 Å². The molecule has 4 rings (SSSR count). The Morgan fingerprint density at radius 3 is 2.91 bits per heavy atom. The van der Waals surface area contributed by atoms with Gasteiger partial charge in [-0.1, -0.05) is 0 Å². The van der Waals surface area contributed by atoms with E-state index >= 15 is 0 Å². The van der Waals surface area contributed by atoms with Crippen molar-refractivity contribution < 1.29 is 9.53 Å². The van der Waals surface area contributed by atoms with Crippen molar-refractivity contribution in [1.82, 2.24) is 19.7 Å². The summed E-state index contributed by atoms with van der Waals surface area (Å²) in [7, 11) is 1.64. The Bertz CT molecular complexity index is 849. The SMILES string of the molecule is COc1ccc(-n2ccnc2[C@H]2CC(=O)Nc3[nH]ncc32)cc1. The number of anilines is 1. The number of ether oxygens (including phenoxy) is 1. The predicted octanol–water partition coefficient (Wildman–Crippen LogP) is 2.08. The first-order chi connectivity index (χ1) is 11.3. The molecule has 3 heterocycles. The largest absolute Gasteiger partial charge is 0.497 e. The summed E-state index contributed by atoms with van der Waals surface area (Å²) in [4.78, 5) is 16.4. The van der Waals surface area contributed by atoms with Crippen molar-refractivity contribution in [3.63, 3.8) is 0 Å². The molecule has 0 unspecified atom stereocenters. The highest BCUT2D eigenvalue weighted by Gasteiger charge is 2.31. The molecule has 2 aromatic heterocycles. The molecule has 23 heavy (non-hydrogen) atoms. The highest BCUT2D eigenvalue weighted by atomic mass is 16.5. The van der Waals surface area contributed by atoms with Crippen molar-refractivity contribution in [3.8, 4) is 11.4 Å². The van der Waals surface area contributed by atoms with Crippen LogP contribution in [-0.2, 0) is 4.79 Å². The average molecular weight is 309 g/mol. The molecule has 116 valence electrons. The highest BCUT2D eigenvalue weighted by Crippen LogP contribution is 2.35. The number of hydrogen-bond donors (Lipinski definition) is 2. The molecule has 0 bridgehead atoms. The molecule has 1 amide bonds. The summed E-state index contributed by atoms with van der Waals surface area (Å²) in [6.45, 7) is 0. The normalized spacial score (nSPS) is 16.7. The second kappa shape index (κ2) is 5.28. The molecule has 2 N–H and O–H groups in total. The van der Waals surface area contributed by atoms with Gasteiger partial charge < -0.3 is 14.6 Å². The summed E-state index contributed by atoms with van der Waals surface area (Å²) in [5.74, 6) is 2.08. The summed E-state index contributed by atoms with van der Waals surface area (Å²) in [5.41, 5.74) is 1.92. The molecule has 0 spiro atoms. The summed E-state index contributed by atoms with van der Waals surface area (Å²) in [6.07, 6.45) is 5.72. The van der Waals surface area contributed by atoms with Gasteiger partial charge in [0.25, 0.3) is 0 Å². The van der Waals surface area contributed by atoms with Gasteiger partial charge in [-0.05, 0) is 24.3 Å². The van der Waals surface area contributed by atoms with Crippen LogP contribution in [-0.4, -0.2) is 32.8 Å². The maximum atomic E-state index is 11.9. The van der Waals surface area contributed by atoms with Gasteiger partial charge in [-0.2, -0.15) is 5.10 Å². The number of nitrogens with one attached hydrogen (secondary N) is 2. The molecule has 1 aliphatic rings. The van der Waals surface area contributed by atoms with Crippen molar-refractivity contribution in [2.45, 2.75) is 12.3 Å². The van der Waals surface area contributed by atoms with Gasteiger partial charge in [-0.25, -0.2) is 4.98 Å². The minimum atomic E-state index is -0.130. The Kier molecular flexibility index (Phi) is 3.11. The Labute approximate surface area is 132 Å². The minimum absolute atomic E-state index is 0.0453. The van der Waals surface area contributed by atoms with Crippen LogP contribution in [0.2, 0.25) is 0 Å². The minimum Gasteiger partial charge on any atom is -0.497 e. The number of benzene rings is 1. The monoisotopic (exact) mass is 309 g/mol. The smallest absolute Gasteiger partial charge is 0.226 e. The van der Waals surface area contributed by atoms with E-state index in [0.29, 0.717) is 12.2 Å².